The molecule has 0 spiro atoms. The highest BCUT2D eigenvalue weighted by Crippen LogP contribution is 2.31. The van der Waals surface area contributed by atoms with Crippen molar-refractivity contribution in [2.24, 2.45) is 5.92 Å². The predicted octanol–water partition coefficient (Wildman–Crippen LogP) is 2.88. The Kier molecular flexibility index (Phi) is 8.60. The molecule has 192 valence electrons. The van der Waals surface area contributed by atoms with Crippen molar-refractivity contribution in [2.45, 2.75) is 51.9 Å². The lowest BCUT2D eigenvalue weighted by atomic mass is 9.97. The maximum atomic E-state index is 13.6. The second-order valence-electron chi connectivity index (χ2n) is 9.78. The van der Waals surface area contributed by atoms with Gasteiger partial charge in [-0.15, -0.1) is 18.2 Å². The van der Waals surface area contributed by atoms with Gasteiger partial charge in [0.15, 0.2) is 0 Å². The predicted molar refractivity (Wildman–Crippen MR) is 141 cm³/mol. The van der Waals surface area contributed by atoms with Crippen LogP contribution in [0.25, 0.3) is 0 Å². The lowest BCUT2D eigenvalue weighted by Gasteiger charge is -2.55. The number of hydrogen-bond donors (Lipinski definition) is 1. The van der Waals surface area contributed by atoms with Crippen LogP contribution in [0.2, 0.25) is 0 Å². The number of hydrogen-bond acceptors (Lipinski definition) is 5. The molecule has 4 rings (SSSR count). The number of rotatable bonds is 8. The van der Waals surface area contributed by atoms with Gasteiger partial charge in [-0.05, 0) is 35.6 Å². The van der Waals surface area contributed by atoms with Gasteiger partial charge in [0.05, 0.1) is 19.6 Å². The Morgan fingerprint density at radius 1 is 1.25 bits per heavy atom. The average molecular weight is 510 g/mol. The second-order valence-corrected chi connectivity index (χ2v) is 11.0. The molecule has 2 saturated heterocycles. The first kappa shape index (κ1) is 26.1. The molecule has 0 saturated carbocycles. The molecule has 3 aliphatic rings. The Morgan fingerprint density at radius 3 is 2.69 bits per heavy atom. The van der Waals surface area contributed by atoms with Crippen molar-refractivity contribution < 1.29 is 14.4 Å². The third kappa shape index (κ3) is 5.88. The van der Waals surface area contributed by atoms with E-state index in [2.05, 4.69) is 17.3 Å². The fraction of sp³-hybridized carbons (Fsp3) is 0.519. The minimum atomic E-state index is -0.609. The van der Waals surface area contributed by atoms with Gasteiger partial charge in [0.1, 0.15) is 12.2 Å². The summed E-state index contributed by atoms with van der Waals surface area (Å²) in [7, 11) is 0. The normalized spacial score (nSPS) is 22.5. The number of hydrazine groups is 1. The van der Waals surface area contributed by atoms with Crippen LogP contribution in [-0.4, -0.2) is 81.8 Å². The summed E-state index contributed by atoms with van der Waals surface area (Å²) < 4.78 is 0. The van der Waals surface area contributed by atoms with Gasteiger partial charge in [-0.25, -0.2) is 9.80 Å². The third-order valence-electron chi connectivity index (χ3n) is 6.70. The van der Waals surface area contributed by atoms with Crippen molar-refractivity contribution in [3.05, 3.63) is 46.9 Å². The second kappa shape index (κ2) is 11.8. The Balaban J connectivity index is 1.60. The highest BCUT2D eigenvalue weighted by atomic mass is 32.2. The van der Waals surface area contributed by atoms with E-state index in [0.717, 1.165) is 24.2 Å². The Bertz CT molecular complexity index is 1040. The minimum absolute atomic E-state index is 0.0352. The lowest BCUT2D eigenvalue weighted by Crippen LogP contribution is -2.76. The van der Waals surface area contributed by atoms with Crippen molar-refractivity contribution in [1.82, 2.24) is 25.1 Å². The van der Waals surface area contributed by atoms with Crippen LogP contribution in [0.3, 0.4) is 0 Å². The summed E-state index contributed by atoms with van der Waals surface area (Å²) in [6.45, 7) is 5.36. The van der Waals surface area contributed by atoms with Crippen molar-refractivity contribution in [1.29, 1.82) is 0 Å². The fourth-order valence-electron chi connectivity index (χ4n) is 5.06. The molecule has 36 heavy (non-hydrogen) atoms. The average Bonchev–Trinajstić information content (AvgIpc) is 3.37. The zero-order valence-electron chi connectivity index (χ0n) is 21.1. The zero-order chi connectivity index (χ0) is 25.7. The first-order chi connectivity index (χ1) is 17.4. The Labute approximate surface area is 218 Å². The summed E-state index contributed by atoms with van der Waals surface area (Å²) in [5, 5.41) is 6.18. The molecule has 8 nitrogen and oxygen atoms in total. The topological polar surface area (TPSA) is 76.2 Å². The molecule has 2 atom stereocenters. The van der Waals surface area contributed by atoms with Gasteiger partial charge in [-0.1, -0.05) is 56.2 Å². The van der Waals surface area contributed by atoms with Crippen LogP contribution in [0.4, 0.5) is 4.79 Å². The first-order valence-corrected chi connectivity index (χ1v) is 13.6. The number of carbonyl (C=O) groups is 3. The monoisotopic (exact) mass is 509 g/mol. The number of piperazine rings is 1. The summed E-state index contributed by atoms with van der Waals surface area (Å²) in [5.74, 6) is 3.67. The molecule has 3 aliphatic heterocycles. The Hall–Kier alpha value is -2.96. The molecule has 0 radical (unpaired) electrons. The standard InChI is InChI=1S/C27H35N5O3S/c1-4-13-30-19-25(33)31-23(16-20(2)3)26(34)29(14-12-22-11-8-15-36-22)18-24(31)32(30)27(35)28-17-21-9-6-5-7-10-21/h1,5-7,9-11,20,23-24H,8,12-19H2,2-3H3,(H,28,35)/t23-,24-/m0/s1. The molecule has 3 heterocycles. The summed E-state index contributed by atoms with van der Waals surface area (Å²) in [6.07, 6.45) is 9.64. The number of benzene rings is 1. The maximum absolute atomic E-state index is 13.6. The summed E-state index contributed by atoms with van der Waals surface area (Å²) in [6, 6.07) is 8.74. The minimum Gasteiger partial charge on any atom is -0.337 e. The highest BCUT2D eigenvalue weighted by Gasteiger charge is 2.51. The number of terminal acetylenes is 1. The van der Waals surface area contributed by atoms with Crippen molar-refractivity contribution in [3.8, 4) is 12.3 Å². The van der Waals surface area contributed by atoms with E-state index in [9.17, 15) is 14.4 Å². The highest BCUT2D eigenvalue weighted by molar-refractivity contribution is 8.03. The SMILES string of the molecule is C#CCN1CC(=O)N2[C@@H](CC(C)C)C(=O)N(CCC3=CCCS3)C[C@@H]2N1C(=O)NCc1ccccc1. The van der Waals surface area contributed by atoms with E-state index in [1.54, 1.807) is 14.9 Å². The number of allylic oxidation sites excluding steroid dienone is 1. The van der Waals surface area contributed by atoms with Crippen molar-refractivity contribution in [3.63, 3.8) is 0 Å². The van der Waals surface area contributed by atoms with Crippen LogP contribution >= 0.6 is 11.8 Å². The van der Waals surface area contributed by atoms with Gasteiger partial charge in [-0.2, -0.15) is 5.01 Å². The molecule has 4 amide bonds. The van der Waals surface area contributed by atoms with Gasteiger partial charge in [-0.3, -0.25) is 9.59 Å². The number of nitrogens with one attached hydrogen (secondary N) is 1. The largest absolute Gasteiger partial charge is 0.337 e. The summed E-state index contributed by atoms with van der Waals surface area (Å²) >= 11 is 1.84. The van der Waals surface area contributed by atoms with E-state index in [1.165, 1.54) is 4.91 Å². The maximum Gasteiger partial charge on any atom is 0.334 e. The molecule has 0 bridgehead atoms. The number of urea groups is 1. The number of thioether (sulfide) groups is 1. The summed E-state index contributed by atoms with van der Waals surface area (Å²) in [4.78, 5) is 45.3. The van der Waals surface area contributed by atoms with Gasteiger partial charge < -0.3 is 15.1 Å². The van der Waals surface area contributed by atoms with E-state index in [1.807, 2.05) is 60.8 Å². The zero-order valence-corrected chi connectivity index (χ0v) is 21.9. The van der Waals surface area contributed by atoms with E-state index < -0.39 is 12.2 Å². The van der Waals surface area contributed by atoms with Gasteiger partial charge >= 0.3 is 6.03 Å². The van der Waals surface area contributed by atoms with Crippen LogP contribution in [0, 0.1) is 18.3 Å². The first-order valence-electron chi connectivity index (χ1n) is 12.6. The van der Waals surface area contributed by atoms with E-state index in [0.29, 0.717) is 19.5 Å². The molecular weight excluding hydrogens is 474 g/mol. The third-order valence-corrected chi connectivity index (χ3v) is 7.88. The molecule has 1 aromatic carbocycles. The van der Waals surface area contributed by atoms with Crippen LogP contribution in [0.5, 0.6) is 0 Å². The van der Waals surface area contributed by atoms with E-state index in [4.69, 9.17) is 6.42 Å². The number of carbonyl (C=O) groups excluding carboxylic acids is 3. The molecule has 9 heteroatoms. The number of nitrogens with zero attached hydrogens (tertiary/aromatic N) is 4. The Morgan fingerprint density at radius 2 is 2.03 bits per heavy atom. The van der Waals surface area contributed by atoms with E-state index in [-0.39, 0.29) is 43.4 Å². The molecular formula is C27H35N5O3S. The molecule has 0 aromatic heterocycles. The van der Waals surface area contributed by atoms with Gasteiger partial charge in [0, 0.05) is 18.8 Å². The quantitative estimate of drug-likeness (QED) is 0.546. The van der Waals surface area contributed by atoms with Gasteiger partial charge in [0.2, 0.25) is 11.8 Å². The number of fused-ring (bicyclic) bond motifs is 1. The van der Waals surface area contributed by atoms with Gasteiger partial charge in [0.25, 0.3) is 0 Å². The molecule has 2 fully saturated rings. The van der Waals surface area contributed by atoms with Crippen molar-refractivity contribution in [2.75, 3.05) is 31.9 Å². The van der Waals surface area contributed by atoms with Crippen molar-refractivity contribution >= 4 is 29.6 Å². The van der Waals surface area contributed by atoms with E-state index >= 15 is 0 Å². The van der Waals surface area contributed by atoms with Crippen LogP contribution in [-0.2, 0) is 16.1 Å². The molecule has 1 N–H and O–H groups in total. The summed E-state index contributed by atoms with van der Waals surface area (Å²) in [5.41, 5.74) is 0.972. The smallest absolute Gasteiger partial charge is 0.334 e. The molecule has 1 aromatic rings. The molecule has 0 unspecified atom stereocenters. The van der Waals surface area contributed by atoms with Crippen LogP contribution < -0.4 is 5.32 Å². The molecule has 0 aliphatic carbocycles. The lowest BCUT2D eigenvalue weighted by molar-refractivity contribution is -0.189. The number of amides is 4. The van der Waals surface area contributed by atoms with Crippen LogP contribution in [0.1, 0.15) is 38.7 Å². The van der Waals surface area contributed by atoms with Crippen LogP contribution in [0.15, 0.2) is 41.3 Å². The fourth-order valence-corrected chi connectivity index (χ4v) is 6.03.